The van der Waals surface area contributed by atoms with Crippen LogP contribution in [0.1, 0.15) is 29.0 Å². The van der Waals surface area contributed by atoms with Crippen LogP contribution in [-0.2, 0) is 31.9 Å². The Hall–Kier alpha value is -2.04. The Morgan fingerprint density at radius 2 is 1.90 bits per heavy atom. The third kappa shape index (κ3) is 2.17. The van der Waals surface area contributed by atoms with Gasteiger partial charge in [-0.2, -0.15) is 0 Å². The number of hydrogen-bond donors (Lipinski definition) is 0. The molecule has 0 saturated heterocycles. The summed E-state index contributed by atoms with van der Waals surface area (Å²) >= 11 is 0. The van der Waals surface area contributed by atoms with E-state index in [1.54, 1.807) is 0 Å². The van der Waals surface area contributed by atoms with E-state index in [4.69, 9.17) is 14.2 Å². The van der Waals surface area contributed by atoms with E-state index in [1.807, 2.05) is 12.1 Å². The van der Waals surface area contributed by atoms with Gasteiger partial charge in [-0.1, -0.05) is 6.07 Å². The zero-order valence-electron chi connectivity index (χ0n) is 12.2. The number of aryl methyl sites for hydroxylation is 1. The molecule has 1 aromatic carbocycles. The number of carbonyl (C=O) groups is 2. The maximum absolute atomic E-state index is 12.1. The summed E-state index contributed by atoms with van der Waals surface area (Å²) in [6.07, 6.45) is 2.43. The Kier molecular flexibility index (Phi) is 3.57. The van der Waals surface area contributed by atoms with Crippen LogP contribution in [0.2, 0.25) is 0 Å². The van der Waals surface area contributed by atoms with Gasteiger partial charge in [-0.15, -0.1) is 0 Å². The molecule has 0 bridgehead atoms. The molecule has 0 radical (unpaired) electrons. The summed E-state index contributed by atoms with van der Waals surface area (Å²) in [5.74, 6) is -1.27. The van der Waals surface area contributed by atoms with Crippen molar-refractivity contribution < 1.29 is 23.8 Å². The summed E-state index contributed by atoms with van der Waals surface area (Å²) in [5, 5.41) is 0. The minimum absolute atomic E-state index is 0.184. The van der Waals surface area contributed by atoms with Gasteiger partial charge in [-0.25, -0.2) is 0 Å². The Balaban J connectivity index is 2.04. The lowest BCUT2D eigenvalue weighted by atomic mass is 9.84. The molecule has 112 valence electrons. The number of esters is 2. The molecule has 0 spiro atoms. The molecule has 1 heterocycles. The van der Waals surface area contributed by atoms with E-state index >= 15 is 0 Å². The van der Waals surface area contributed by atoms with Gasteiger partial charge in [-0.3, -0.25) is 9.59 Å². The molecule has 0 unspecified atom stereocenters. The fraction of sp³-hybridized carbons (Fsp3) is 0.500. The largest absolute Gasteiger partial charge is 0.493 e. The minimum Gasteiger partial charge on any atom is -0.493 e. The molecular weight excluding hydrogens is 272 g/mol. The molecule has 0 saturated carbocycles. The highest BCUT2D eigenvalue weighted by Crippen LogP contribution is 2.45. The molecule has 21 heavy (non-hydrogen) atoms. The van der Waals surface area contributed by atoms with Crippen molar-refractivity contribution in [2.75, 3.05) is 20.8 Å². The molecule has 1 aromatic rings. The minimum atomic E-state index is -0.895. The monoisotopic (exact) mass is 290 g/mol. The number of carbonyl (C=O) groups excluding carboxylic acids is 2. The number of hydrogen-bond acceptors (Lipinski definition) is 5. The molecule has 1 aliphatic heterocycles. The highest BCUT2D eigenvalue weighted by atomic mass is 16.5. The van der Waals surface area contributed by atoms with Crippen LogP contribution in [0.4, 0.5) is 0 Å². The number of rotatable bonds is 3. The Labute approximate surface area is 123 Å². The summed E-state index contributed by atoms with van der Waals surface area (Å²) < 4.78 is 15.2. The lowest BCUT2D eigenvalue weighted by Gasteiger charge is -2.21. The van der Waals surface area contributed by atoms with Crippen LogP contribution >= 0.6 is 0 Å². The standard InChI is InChI=1S/C16H18O5/c1-19-15(17)14(16(18)20-2)11-5-3-9-4-6-12-10(13(9)11)7-8-21-12/h4,6,11,14H,3,5,7-8H2,1-2H3/t11-/m1/s1. The van der Waals surface area contributed by atoms with E-state index in [1.165, 1.54) is 19.8 Å². The second-order valence-electron chi connectivity index (χ2n) is 5.38. The first-order valence-electron chi connectivity index (χ1n) is 7.10. The number of ether oxygens (including phenoxy) is 3. The Morgan fingerprint density at radius 1 is 1.19 bits per heavy atom. The second-order valence-corrected chi connectivity index (χ2v) is 5.38. The SMILES string of the molecule is COC(=O)C(C(=O)OC)[C@@H]1CCc2ccc3c(c21)CCO3. The third-order valence-electron chi connectivity index (χ3n) is 4.42. The molecule has 0 amide bonds. The fourth-order valence-electron chi connectivity index (χ4n) is 3.50. The van der Waals surface area contributed by atoms with Gasteiger partial charge < -0.3 is 14.2 Å². The molecule has 1 atom stereocenters. The van der Waals surface area contributed by atoms with E-state index in [0.717, 1.165) is 36.1 Å². The maximum Gasteiger partial charge on any atom is 0.320 e. The van der Waals surface area contributed by atoms with E-state index in [2.05, 4.69) is 0 Å². The first-order valence-corrected chi connectivity index (χ1v) is 7.10. The molecule has 0 fully saturated rings. The fourth-order valence-corrected chi connectivity index (χ4v) is 3.50. The van der Waals surface area contributed by atoms with Crippen molar-refractivity contribution in [2.45, 2.75) is 25.2 Å². The van der Waals surface area contributed by atoms with Gasteiger partial charge in [0.25, 0.3) is 0 Å². The second kappa shape index (κ2) is 5.39. The van der Waals surface area contributed by atoms with Crippen molar-refractivity contribution in [3.05, 3.63) is 28.8 Å². The van der Waals surface area contributed by atoms with Gasteiger partial charge in [-0.05, 0) is 30.0 Å². The summed E-state index contributed by atoms with van der Waals surface area (Å²) in [6.45, 7) is 0.652. The highest BCUT2D eigenvalue weighted by molar-refractivity contribution is 5.96. The van der Waals surface area contributed by atoms with Gasteiger partial charge in [0.05, 0.1) is 20.8 Å². The Morgan fingerprint density at radius 3 is 2.57 bits per heavy atom. The molecule has 0 aromatic heterocycles. The maximum atomic E-state index is 12.1. The van der Waals surface area contributed by atoms with Crippen molar-refractivity contribution in [3.8, 4) is 5.75 Å². The zero-order chi connectivity index (χ0) is 15.0. The molecule has 1 aliphatic carbocycles. The van der Waals surface area contributed by atoms with Crippen LogP contribution in [0.3, 0.4) is 0 Å². The molecule has 2 aliphatic rings. The lowest BCUT2D eigenvalue weighted by molar-refractivity contribution is -0.160. The normalized spacial score (nSPS) is 18.9. The van der Waals surface area contributed by atoms with E-state index in [-0.39, 0.29) is 5.92 Å². The van der Waals surface area contributed by atoms with Crippen LogP contribution in [0.5, 0.6) is 5.75 Å². The molecular formula is C16H18O5. The van der Waals surface area contributed by atoms with Gasteiger partial charge in [0, 0.05) is 17.9 Å². The van der Waals surface area contributed by atoms with Crippen LogP contribution in [0.15, 0.2) is 12.1 Å². The van der Waals surface area contributed by atoms with E-state index < -0.39 is 17.9 Å². The number of benzene rings is 1. The van der Waals surface area contributed by atoms with Crippen molar-refractivity contribution in [2.24, 2.45) is 5.92 Å². The quantitative estimate of drug-likeness (QED) is 0.625. The Bertz CT molecular complexity index is 577. The first kappa shape index (κ1) is 13.9. The topological polar surface area (TPSA) is 61.8 Å². The van der Waals surface area contributed by atoms with Gasteiger partial charge in [0.2, 0.25) is 0 Å². The van der Waals surface area contributed by atoms with Gasteiger partial charge >= 0.3 is 11.9 Å². The van der Waals surface area contributed by atoms with Crippen molar-refractivity contribution in [3.63, 3.8) is 0 Å². The van der Waals surface area contributed by atoms with Crippen molar-refractivity contribution in [1.82, 2.24) is 0 Å². The summed E-state index contributed by atoms with van der Waals surface area (Å²) in [6, 6.07) is 4.01. The first-order chi connectivity index (χ1) is 10.2. The predicted octanol–water partition coefficient (Wildman–Crippen LogP) is 1.61. The highest BCUT2D eigenvalue weighted by Gasteiger charge is 2.42. The average molecular weight is 290 g/mol. The third-order valence-corrected chi connectivity index (χ3v) is 4.42. The van der Waals surface area contributed by atoms with Gasteiger partial charge in [0.15, 0.2) is 5.92 Å². The smallest absolute Gasteiger partial charge is 0.320 e. The van der Waals surface area contributed by atoms with Crippen LogP contribution in [0.25, 0.3) is 0 Å². The van der Waals surface area contributed by atoms with E-state index in [9.17, 15) is 9.59 Å². The van der Waals surface area contributed by atoms with Crippen LogP contribution in [0, 0.1) is 5.92 Å². The van der Waals surface area contributed by atoms with Gasteiger partial charge in [0.1, 0.15) is 5.75 Å². The molecule has 0 N–H and O–H groups in total. The predicted molar refractivity (Wildman–Crippen MR) is 74.2 cm³/mol. The molecule has 3 rings (SSSR count). The average Bonchev–Trinajstić information content (AvgIpc) is 3.12. The van der Waals surface area contributed by atoms with E-state index in [0.29, 0.717) is 6.61 Å². The van der Waals surface area contributed by atoms with Crippen molar-refractivity contribution in [1.29, 1.82) is 0 Å². The van der Waals surface area contributed by atoms with Crippen LogP contribution < -0.4 is 4.74 Å². The van der Waals surface area contributed by atoms with Crippen LogP contribution in [-0.4, -0.2) is 32.8 Å². The molecule has 5 heteroatoms. The summed E-state index contributed by atoms with van der Waals surface area (Å²) in [7, 11) is 2.60. The van der Waals surface area contributed by atoms with Crippen molar-refractivity contribution >= 4 is 11.9 Å². The number of methoxy groups -OCH3 is 2. The molecule has 5 nitrogen and oxygen atoms in total. The zero-order valence-corrected chi connectivity index (χ0v) is 12.2. The summed E-state index contributed by atoms with van der Waals surface area (Å²) in [4.78, 5) is 24.1. The summed E-state index contributed by atoms with van der Waals surface area (Å²) in [5.41, 5.74) is 3.42. The number of fused-ring (bicyclic) bond motifs is 3. The lowest BCUT2D eigenvalue weighted by Crippen LogP contribution is -2.31.